The van der Waals surface area contributed by atoms with Gasteiger partial charge in [-0.1, -0.05) is 220 Å². The van der Waals surface area contributed by atoms with E-state index in [9.17, 15) is 0 Å². The summed E-state index contributed by atoms with van der Waals surface area (Å²) < 4.78 is 0. The first-order valence-corrected chi connectivity index (χ1v) is 28.7. The second kappa shape index (κ2) is 15.9. The molecule has 18 rings (SSSR count). The van der Waals surface area contributed by atoms with E-state index in [0.717, 1.165) is 0 Å². The standard InChI is InChI=1S/C78H54/c1-2-38-77(37-1)69-43-57(25-31-63(69)65-33-27-59(45-71(65)77)61-29-21-51-19-17-47-9-5-11-49-23-35-67(61)75(51)73(47)49)55-15-7-13-53(41-55)54-14-8-16-56(42-54)58-26-32-64-66-34-28-60(46-72(66)78(70(64)44-58)39-3-4-40-78)62-30-22-52-20-18-48-10-6-12-50-24-36-68(62)76(52)74(48)50/h5-36,41-46H,1-4,37-40H2. The molecule has 2 spiro atoms. The summed E-state index contributed by atoms with van der Waals surface area (Å²) in [6.45, 7) is 0. The Morgan fingerprint density at radius 3 is 0.846 bits per heavy atom. The lowest BCUT2D eigenvalue weighted by Crippen LogP contribution is -2.20. The van der Waals surface area contributed by atoms with Crippen LogP contribution < -0.4 is 0 Å². The summed E-state index contributed by atoms with van der Waals surface area (Å²) in [6, 6.07) is 89.7. The molecule has 0 heterocycles. The van der Waals surface area contributed by atoms with Crippen molar-refractivity contribution in [1.29, 1.82) is 0 Å². The first kappa shape index (κ1) is 43.3. The predicted octanol–water partition coefficient (Wildman–Crippen LogP) is 21.5. The molecule has 2 fully saturated rings. The zero-order valence-electron chi connectivity index (χ0n) is 43.6. The van der Waals surface area contributed by atoms with E-state index in [1.54, 1.807) is 0 Å². The van der Waals surface area contributed by atoms with E-state index in [0.29, 0.717) is 0 Å². The van der Waals surface area contributed by atoms with Gasteiger partial charge < -0.3 is 0 Å². The van der Waals surface area contributed by atoms with E-state index in [2.05, 4.69) is 231 Å². The maximum Gasteiger partial charge on any atom is 0.0215 e. The molecule has 0 nitrogen and oxygen atoms in total. The molecule has 0 bridgehead atoms. The van der Waals surface area contributed by atoms with Crippen molar-refractivity contribution in [2.24, 2.45) is 0 Å². The van der Waals surface area contributed by atoms with E-state index >= 15 is 0 Å². The van der Waals surface area contributed by atoms with Gasteiger partial charge in [0.05, 0.1) is 0 Å². The van der Waals surface area contributed by atoms with Gasteiger partial charge in [-0.15, -0.1) is 0 Å². The van der Waals surface area contributed by atoms with Crippen LogP contribution in [0.2, 0.25) is 0 Å². The molecule has 0 N–H and O–H groups in total. The third-order valence-electron chi connectivity index (χ3n) is 20.0. The first-order chi connectivity index (χ1) is 38.6. The lowest BCUT2D eigenvalue weighted by Gasteiger charge is -2.27. The monoisotopic (exact) mass is 990 g/mol. The summed E-state index contributed by atoms with van der Waals surface area (Å²) in [4.78, 5) is 0. The topological polar surface area (TPSA) is 0 Å². The van der Waals surface area contributed by atoms with E-state index in [-0.39, 0.29) is 10.8 Å². The Morgan fingerprint density at radius 2 is 0.474 bits per heavy atom. The highest BCUT2D eigenvalue weighted by atomic mass is 14.5. The highest BCUT2D eigenvalue weighted by molar-refractivity contribution is 6.27. The highest BCUT2D eigenvalue weighted by Crippen LogP contribution is 2.60. The molecule has 2 saturated carbocycles. The molecular formula is C78H54. The van der Waals surface area contributed by atoms with Crippen molar-refractivity contribution in [3.05, 3.63) is 253 Å². The fourth-order valence-electron chi connectivity index (χ4n) is 16.4. The maximum absolute atomic E-state index is 2.58. The van der Waals surface area contributed by atoms with E-state index < -0.39 is 0 Å². The molecular weight excluding hydrogens is 937 g/mol. The van der Waals surface area contributed by atoms with Crippen molar-refractivity contribution in [1.82, 2.24) is 0 Å². The second-order valence-electron chi connectivity index (χ2n) is 23.7. The van der Waals surface area contributed by atoms with E-state index in [1.165, 1.54) is 216 Å². The summed E-state index contributed by atoms with van der Waals surface area (Å²) >= 11 is 0. The Morgan fingerprint density at radius 1 is 0.205 bits per heavy atom. The fraction of sp³-hybridized carbons (Fsp3) is 0.128. The Bertz CT molecular complexity index is 4520. The number of fused-ring (bicyclic) bond motifs is 10. The first-order valence-electron chi connectivity index (χ1n) is 28.7. The Kier molecular flexibility index (Phi) is 8.81. The third kappa shape index (κ3) is 5.90. The lowest BCUT2D eigenvalue weighted by molar-refractivity contribution is 0.550. The molecule has 0 aliphatic heterocycles. The maximum atomic E-state index is 2.58. The van der Waals surface area contributed by atoms with Gasteiger partial charge in [0.2, 0.25) is 0 Å². The normalized spacial score (nSPS) is 15.7. The van der Waals surface area contributed by atoms with Crippen LogP contribution in [0.4, 0.5) is 0 Å². The van der Waals surface area contributed by atoms with Crippen LogP contribution in [-0.4, -0.2) is 0 Å². The van der Waals surface area contributed by atoms with Crippen LogP contribution in [0.5, 0.6) is 0 Å². The lowest BCUT2D eigenvalue weighted by atomic mass is 9.75. The van der Waals surface area contributed by atoms with Crippen molar-refractivity contribution in [2.45, 2.75) is 62.2 Å². The number of hydrogen-bond acceptors (Lipinski definition) is 0. The summed E-state index contributed by atoms with van der Waals surface area (Å²) in [5, 5.41) is 16.1. The van der Waals surface area contributed by atoms with Crippen LogP contribution in [0.3, 0.4) is 0 Å². The molecule has 0 amide bonds. The highest BCUT2D eigenvalue weighted by Gasteiger charge is 2.47. The van der Waals surface area contributed by atoms with Gasteiger partial charge >= 0.3 is 0 Å². The molecule has 0 heteroatoms. The molecule has 0 radical (unpaired) electrons. The molecule has 14 aromatic rings. The Labute approximate surface area is 455 Å². The summed E-state index contributed by atoms with van der Waals surface area (Å²) in [6.07, 6.45) is 9.85. The van der Waals surface area contributed by atoms with Gasteiger partial charge in [-0.2, -0.15) is 0 Å². The fourth-order valence-corrected chi connectivity index (χ4v) is 16.4. The number of rotatable bonds is 5. The van der Waals surface area contributed by atoms with Crippen molar-refractivity contribution in [3.8, 4) is 77.9 Å². The molecule has 0 saturated heterocycles. The van der Waals surface area contributed by atoms with Crippen LogP contribution in [0.25, 0.3) is 143 Å². The molecule has 366 valence electrons. The van der Waals surface area contributed by atoms with Crippen LogP contribution in [-0.2, 0) is 10.8 Å². The van der Waals surface area contributed by atoms with Gasteiger partial charge in [0.15, 0.2) is 0 Å². The van der Waals surface area contributed by atoms with Crippen molar-refractivity contribution in [3.63, 3.8) is 0 Å². The Hall–Kier alpha value is -8.84. The van der Waals surface area contributed by atoms with Crippen molar-refractivity contribution >= 4 is 64.6 Å². The van der Waals surface area contributed by atoms with Gasteiger partial charge in [-0.3, -0.25) is 0 Å². The Balaban J connectivity index is 0.675. The molecule has 4 aliphatic carbocycles. The summed E-state index contributed by atoms with van der Waals surface area (Å²) in [5.41, 5.74) is 24.9. The average Bonchev–Trinajstić information content (AvgIpc) is 4.38. The number of benzene rings is 14. The van der Waals surface area contributed by atoms with Crippen LogP contribution in [0.1, 0.15) is 73.6 Å². The van der Waals surface area contributed by atoms with Crippen molar-refractivity contribution in [2.75, 3.05) is 0 Å². The summed E-state index contributed by atoms with van der Waals surface area (Å²) in [7, 11) is 0. The van der Waals surface area contributed by atoms with Crippen LogP contribution in [0, 0.1) is 0 Å². The van der Waals surface area contributed by atoms with Gasteiger partial charge in [-0.05, 0) is 227 Å². The minimum atomic E-state index is 0.0357. The van der Waals surface area contributed by atoms with Gasteiger partial charge in [0.25, 0.3) is 0 Å². The van der Waals surface area contributed by atoms with E-state index in [1.807, 2.05) is 0 Å². The van der Waals surface area contributed by atoms with Gasteiger partial charge in [-0.25, -0.2) is 0 Å². The molecule has 4 aliphatic rings. The zero-order chi connectivity index (χ0) is 50.8. The minimum Gasteiger partial charge on any atom is -0.0610 e. The largest absolute Gasteiger partial charge is 0.0610 e. The average molecular weight is 991 g/mol. The van der Waals surface area contributed by atoms with Gasteiger partial charge in [0.1, 0.15) is 0 Å². The predicted molar refractivity (Wildman–Crippen MR) is 330 cm³/mol. The molecule has 14 aromatic carbocycles. The molecule has 78 heavy (non-hydrogen) atoms. The minimum absolute atomic E-state index is 0.0357. The molecule has 0 unspecified atom stereocenters. The van der Waals surface area contributed by atoms with E-state index in [4.69, 9.17) is 0 Å². The summed E-state index contributed by atoms with van der Waals surface area (Å²) in [5.74, 6) is 0. The van der Waals surface area contributed by atoms with Gasteiger partial charge in [0, 0.05) is 10.8 Å². The van der Waals surface area contributed by atoms with Crippen LogP contribution in [0.15, 0.2) is 231 Å². The number of hydrogen-bond donors (Lipinski definition) is 0. The quantitative estimate of drug-likeness (QED) is 0.151. The van der Waals surface area contributed by atoms with Crippen LogP contribution >= 0.6 is 0 Å². The molecule has 0 aromatic heterocycles. The smallest absolute Gasteiger partial charge is 0.0215 e. The second-order valence-corrected chi connectivity index (χ2v) is 23.7. The van der Waals surface area contributed by atoms with Crippen molar-refractivity contribution < 1.29 is 0 Å². The SMILES string of the molecule is c1cc(-c2cccc(-c3ccc4c(c3)C3(CCCC3)c3cc(-c5ccc6ccc7cccc8ccc5c6c78)ccc3-4)c2)cc(-c2ccc3c(c2)C2(CCCC2)c2cc(-c4ccc5ccc6cccc7ccc4c5c67)ccc2-3)c1. The third-order valence-corrected chi connectivity index (χ3v) is 20.0. The molecule has 0 atom stereocenters. The zero-order valence-corrected chi connectivity index (χ0v) is 43.6.